The van der Waals surface area contributed by atoms with E-state index in [1.165, 1.54) is 6.07 Å². The van der Waals surface area contributed by atoms with E-state index in [-0.39, 0.29) is 5.75 Å². The number of aryl methyl sites for hydroxylation is 1. The zero-order valence-corrected chi connectivity index (χ0v) is 7.07. The highest BCUT2D eigenvalue weighted by Gasteiger charge is 2.06. The Hall–Kier alpha value is -1.77. The zero-order valence-electron chi connectivity index (χ0n) is 7.07. The Labute approximate surface area is 74.6 Å². The Kier molecular flexibility index (Phi) is 1.59. The summed E-state index contributed by atoms with van der Waals surface area (Å²) in [6.07, 6.45) is 0.696. The van der Waals surface area contributed by atoms with Crippen molar-refractivity contribution in [2.45, 2.75) is 6.92 Å². The largest absolute Gasteiger partial charge is 0.504 e. The lowest BCUT2D eigenvalue weighted by atomic mass is 10.1. The van der Waals surface area contributed by atoms with E-state index in [9.17, 15) is 9.90 Å². The molecule has 3 heteroatoms. The van der Waals surface area contributed by atoms with Crippen LogP contribution in [0, 0.1) is 6.92 Å². The summed E-state index contributed by atoms with van der Waals surface area (Å²) < 4.78 is 5.23. The van der Waals surface area contributed by atoms with Crippen LogP contribution in [0.15, 0.2) is 22.6 Å². The van der Waals surface area contributed by atoms with Crippen molar-refractivity contribution in [1.82, 2.24) is 0 Å². The number of aldehydes is 1. The molecule has 0 amide bonds. The van der Waals surface area contributed by atoms with Crippen molar-refractivity contribution in [3.05, 3.63) is 29.5 Å². The third-order valence-corrected chi connectivity index (χ3v) is 1.88. The summed E-state index contributed by atoms with van der Waals surface area (Å²) in [5.74, 6) is 0.723. The number of phenols is 1. The lowest BCUT2D eigenvalue weighted by Gasteiger charge is -1.94. The van der Waals surface area contributed by atoms with Gasteiger partial charge in [0.15, 0.2) is 11.3 Å². The average molecular weight is 176 g/mol. The van der Waals surface area contributed by atoms with Crippen molar-refractivity contribution in [2.24, 2.45) is 0 Å². The molecule has 0 aliphatic heterocycles. The molecule has 1 aromatic carbocycles. The monoisotopic (exact) mass is 176 g/mol. The maximum atomic E-state index is 10.5. The molecule has 0 radical (unpaired) electrons. The fraction of sp³-hybridized carbons (Fsp3) is 0.100. The Morgan fingerprint density at radius 2 is 2.15 bits per heavy atom. The number of hydrogen-bond acceptors (Lipinski definition) is 3. The minimum atomic E-state index is 0.00713. The third-order valence-electron chi connectivity index (χ3n) is 1.88. The molecule has 13 heavy (non-hydrogen) atoms. The quantitative estimate of drug-likeness (QED) is 0.678. The molecule has 0 unspecified atom stereocenters. The average Bonchev–Trinajstić information content (AvgIpc) is 2.46. The van der Waals surface area contributed by atoms with Gasteiger partial charge in [-0.2, -0.15) is 0 Å². The number of carbonyl (C=O) groups excluding carboxylic acids is 1. The van der Waals surface area contributed by atoms with E-state index < -0.39 is 0 Å². The number of fused-ring (bicyclic) bond motifs is 1. The number of rotatable bonds is 1. The molecule has 0 fully saturated rings. The van der Waals surface area contributed by atoms with Gasteiger partial charge < -0.3 is 9.52 Å². The summed E-state index contributed by atoms with van der Waals surface area (Å²) in [4.78, 5) is 10.5. The lowest BCUT2D eigenvalue weighted by molar-refractivity contribution is 0.112. The third kappa shape index (κ3) is 1.18. The zero-order chi connectivity index (χ0) is 9.42. The molecule has 0 saturated heterocycles. The van der Waals surface area contributed by atoms with Gasteiger partial charge in [0.05, 0.1) is 0 Å². The Bertz CT molecular complexity index is 468. The molecule has 2 rings (SSSR count). The van der Waals surface area contributed by atoms with Gasteiger partial charge in [0.25, 0.3) is 0 Å². The highest BCUT2D eigenvalue weighted by molar-refractivity contribution is 5.90. The van der Waals surface area contributed by atoms with Crippen LogP contribution in [0.2, 0.25) is 0 Å². The van der Waals surface area contributed by atoms with Crippen LogP contribution in [0.1, 0.15) is 16.1 Å². The number of carbonyl (C=O) groups is 1. The highest BCUT2D eigenvalue weighted by Crippen LogP contribution is 2.28. The summed E-state index contributed by atoms with van der Waals surface area (Å²) in [6, 6.07) is 4.85. The standard InChI is InChI=1S/C10H8O3/c1-6-2-8-3-7(5-11)4-9(12)10(8)13-6/h2-5,12H,1H3. The Balaban J connectivity index is 2.82. The van der Waals surface area contributed by atoms with E-state index in [2.05, 4.69) is 0 Å². The topological polar surface area (TPSA) is 50.4 Å². The van der Waals surface area contributed by atoms with Gasteiger partial charge in [-0.05, 0) is 25.1 Å². The smallest absolute Gasteiger partial charge is 0.175 e. The molecule has 1 N–H and O–H groups in total. The summed E-state index contributed by atoms with van der Waals surface area (Å²) in [6.45, 7) is 1.79. The predicted octanol–water partition coefficient (Wildman–Crippen LogP) is 2.26. The first-order chi connectivity index (χ1) is 6.20. The molecule has 0 aliphatic rings. The number of furan rings is 1. The molecule has 0 atom stereocenters. The van der Waals surface area contributed by atoms with Crippen LogP contribution in [0.5, 0.6) is 5.75 Å². The van der Waals surface area contributed by atoms with Crippen molar-refractivity contribution in [2.75, 3.05) is 0 Å². The molecular weight excluding hydrogens is 168 g/mol. The molecule has 0 spiro atoms. The van der Waals surface area contributed by atoms with E-state index in [0.29, 0.717) is 23.2 Å². The van der Waals surface area contributed by atoms with Gasteiger partial charge in [0.2, 0.25) is 0 Å². The lowest BCUT2D eigenvalue weighted by Crippen LogP contribution is -1.78. The second-order valence-electron chi connectivity index (χ2n) is 2.93. The van der Waals surface area contributed by atoms with Crippen molar-refractivity contribution in [3.63, 3.8) is 0 Å². The molecule has 66 valence electrons. The summed E-state index contributed by atoms with van der Waals surface area (Å²) in [5.41, 5.74) is 0.883. The summed E-state index contributed by atoms with van der Waals surface area (Å²) in [7, 11) is 0. The maximum absolute atomic E-state index is 10.5. The first-order valence-corrected chi connectivity index (χ1v) is 3.89. The first kappa shape index (κ1) is 7.86. The molecule has 3 nitrogen and oxygen atoms in total. The van der Waals surface area contributed by atoms with Crippen LogP contribution in [0.3, 0.4) is 0 Å². The van der Waals surface area contributed by atoms with Gasteiger partial charge >= 0.3 is 0 Å². The maximum Gasteiger partial charge on any atom is 0.175 e. The molecule has 0 aliphatic carbocycles. The summed E-state index contributed by atoms with van der Waals surface area (Å²) >= 11 is 0. The summed E-state index contributed by atoms with van der Waals surface area (Å²) in [5, 5.41) is 10.2. The van der Waals surface area contributed by atoms with Crippen molar-refractivity contribution in [1.29, 1.82) is 0 Å². The van der Waals surface area contributed by atoms with E-state index in [4.69, 9.17) is 4.42 Å². The minimum absolute atomic E-state index is 0.00713. The van der Waals surface area contributed by atoms with Crippen LogP contribution in [-0.4, -0.2) is 11.4 Å². The van der Waals surface area contributed by atoms with Gasteiger partial charge in [-0.3, -0.25) is 4.79 Å². The Morgan fingerprint density at radius 1 is 1.38 bits per heavy atom. The SMILES string of the molecule is Cc1cc2cc(C=O)cc(O)c2o1. The second-order valence-corrected chi connectivity index (χ2v) is 2.93. The predicted molar refractivity (Wildman–Crippen MR) is 48.0 cm³/mol. The first-order valence-electron chi connectivity index (χ1n) is 3.89. The van der Waals surface area contributed by atoms with Gasteiger partial charge in [0.1, 0.15) is 12.0 Å². The highest BCUT2D eigenvalue weighted by atomic mass is 16.4. The second kappa shape index (κ2) is 2.62. The van der Waals surface area contributed by atoms with E-state index in [1.807, 2.05) is 0 Å². The van der Waals surface area contributed by atoms with Gasteiger partial charge in [-0.25, -0.2) is 0 Å². The van der Waals surface area contributed by atoms with Crippen LogP contribution in [0.4, 0.5) is 0 Å². The molecule has 1 aromatic heterocycles. The van der Waals surface area contributed by atoms with E-state index in [0.717, 1.165) is 5.39 Å². The molecular formula is C10H8O3. The molecule has 1 heterocycles. The van der Waals surface area contributed by atoms with Crippen molar-refractivity contribution in [3.8, 4) is 5.75 Å². The van der Waals surface area contributed by atoms with E-state index in [1.54, 1.807) is 19.1 Å². The molecule has 0 bridgehead atoms. The van der Waals surface area contributed by atoms with Gasteiger partial charge in [0, 0.05) is 10.9 Å². The van der Waals surface area contributed by atoms with Crippen LogP contribution in [-0.2, 0) is 0 Å². The van der Waals surface area contributed by atoms with Gasteiger partial charge in [-0.1, -0.05) is 0 Å². The van der Waals surface area contributed by atoms with Crippen LogP contribution in [0.25, 0.3) is 11.0 Å². The number of hydrogen-bond donors (Lipinski definition) is 1. The molecule has 2 aromatic rings. The normalized spacial score (nSPS) is 10.5. The molecule has 0 saturated carbocycles. The Morgan fingerprint density at radius 3 is 2.85 bits per heavy atom. The van der Waals surface area contributed by atoms with Gasteiger partial charge in [-0.15, -0.1) is 0 Å². The minimum Gasteiger partial charge on any atom is -0.504 e. The van der Waals surface area contributed by atoms with Crippen LogP contribution < -0.4 is 0 Å². The fourth-order valence-electron chi connectivity index (χ4n) is 1.35. The number of benzene rings is 1. The van der Waals surface area contributed by atoms with Crippen molar-refractivity contribution < 1.29 is 14.3 Å². The number of phenolic OH excluding ortho intramolecular Hbond substituents is 1. The van der Waals surface area contributed by atoms with Crippen LogP contribution >= 0.6 is 0 Å². The van der Waals surface area contributed by atoms with Crippen molar-refractivity contribution >= 4 is 17.3 Å². The number of aromatic hydroxyl groups is 1. The fourth-order valence-corrected chi connectivity index (χ4v) is 1.35. The van der Waals surface area contributed by atoms with E-state index >= 15 is 0 Å².